The van der Waals surface area contributed by atoms with Gasteiger partial charge in [0.2, 0.25) is 10.9 Å². The molecule has 0 saturated carbocycles. The van der Waals surface area contributed by atoms with Crippen molar-refractivity contribution in [2.45, 2.75) is 0 Å². The van der Waals surface area contributed by atoms with Crippen LogP contribution in [0.1, 0.15) is 0 Å². The molecule has 0 spiro atoms. The topological polar surface area (TPSA) is 95.2 Å². The van der Waals surface area contributed by atoms with Crippen molar-refractivity contribution in [1.29, 1.82) is 0 Å². The van der Waals surface area contributed by atoms with Gasteiger partial charge in [0.15, 0.2) is 5.75 Å². The highest BCUT2D eigenvalue weighted by atomic mass is 19.2. The maximum Gasteiger partial charge on any atom is 0.796 e. The number of fused-ring (bicyclic) bond motifs is 4. The molecule has 3 aromatic carbocycles. The van der Waals surface area contributed by atoms with Crippen molar-refractivity contribution in [2.24, 2.45) is 0 Å². The van der Waals surface area contributed by atoms with Crippen LogP contribution >= 0.6 is 0 Å². The molecule has 2 aromatic heterocycles. The van der Waals surface area contributed by atoms with Gasteiger partial charge < -0.3 is 19.7 Å². The van der Waals surface area contributed by atoms with Crippen molar-refractivity contribution < 1.29 is 18.4 Å². The lowest BCUT2D eigenvalue weighted by molar-refractivity contribution is 0.431. The lowest BCUT2D eigenvalue weighted by Crippen LogP contribution is -2.15. The predicted octanol–water partition coefficient (Wildman–Crippen LogP) is 3.68. The minimum Gasteiger partial charge on any atom is -0.505 e. The highest BCUT2D eigenvalue weighted by Crippen LogP contribution is 2.39. The van der Waals surface area contributed by atoms with Crippen molar-refractivity contribution in [3.63, 3.8) is 0 Å². The maximum atomic E-state index is 13.2. The Balaban J connectivity index is 2.13. The molecule has 0 aliphatic rings. The van der Waals surface area contributed by atoms with Gasteiger partial charge in [-0.15, -0.1) is 0 Å². The average Bonchev–Trinajstić information content (AvgIpc) is 2.71. The summed E-state index contributed by atoms with van der Waals surface area (Å²) in [6.45, 7) is 0. The number of aromatic nitrogens is 2. The van der Waals surface area contributed by atoms with Gasteiger partial charge in [-0.1, -0.05) is 24.3 Å². The monoisotopic (exact) mass is 392 g/mol. The van der Waals surface area contributed by atoms with Gasteiger partial charge in [0.25, 0.3) is 0 Å². The number of phenols is 1. The van der Waals surface area contributed by atoms with Crippen molar-refractivity contribution in [2.75, 3.05) is 0 Å². The third-order valence-electron chi connectivity index (χ3n) is 4.95. The van der Waals surface area contributed by atoms with Crippen LogP contribution in [0.4, 0.5) is 8.63 Å². The summed E-state index contributed by atoms with van der Waals surface area (Å²) in [4.78, 5) is 31.8. The zero-order valence-electron chi connectivity index (χ0n) is 14.6. The van der Waals surface area contributed by atoms with E-state index in [0.29, 0.717) is 11.0 Å². The number of para-hydroxylation sites is 2. The first kappa shape index (κ1) is 17.2. The first-order valence-electron chi connectivity index (χ1n) is 8.66. The number of hydrogen-bond acceptors (Lipinski definition) is 4. The third-order valence-corrected chi connectivity index (χ3v) is 4.95. The number of phenolic OH excluding ortho intramolecular Hbond substituents is 1. The van der Waals surface area contributed by atoms with E-state index in [0.717, 1.165) is 0 Å². The second-order valence-electron chi connectivity index (χ2n) is 6.56. The van der Waals surface area contributed by atoms with Crippen molar-refractivity contribution in [3.8, 4) is 11.5 Å². The minimum atomic E-state index is -3.24. The first-order chi connectivity index (χ1) is 14.0. The van der Waals surface area contributed by atoms with E-state index in [-0.39, 0.29) is 32.6 Å². The van der Waals surface area contributed by atoms with E-state index in [4.69, 9.17) is 4.65 Å². The van der Waals surface area contributed by atoms with Crippen LogP contribution in [0.25, 0.3) is 43.6 Å². The lowest BCUT2D eigenvalue weighted by Gasteiger charge is -2.14. The van der Waals surface area contributed by atoms with Crippen LogP contribution in [0, 0.1) is 0 Å². The van der Waals surface area contributed by atoms with Crippen molar-refractivity contribution in [3.05, 3.63) is 69.0 Å². The molecule has 0 amide bonds. The van der Waals surface area contributed by atoms with Gasteiger partial charge in [-0.05, 0) is 24.3 Å². The fraction of sp³-hybridized carbons (Fsp3) is 0. The molecule has 0 radical (unpaired) electrons. The minimum absolute atomic E-state index is 0.141. The summed E-state index contributed by atoms with van der Waals surface area (Å²) in [5.41, 5.74) is -0.726. The number of aromatic amines is 2. The molecular formula is C20H11BF2N2O4. The zero-order chi connectivity index (χ0) is 20.3. The molecule has 0 unspecified atom stereocenters. The fourth-order valence-electron chi connectivity index (χ4n) is 3.72. The molecule has 29 heavy (non-hydrogen) atoms. The Morgan fingerprint density at radius 2 is 1.31 bits per heavy atom. The molecule has 0 saturated heterocycles. The molecule has 2 heterocycles. The second kappa shape index (κ2) is 6.06. The molecular weight excluding hydrogens is 381 g/mol. The highest BCUT2D eigenvalue weighted by molar-refractivity contribution is 6.36. The summed E-state index contributed by atoms with van der Waals surface area (Å²) < 4.78 is 31.2. The van der Waals surface area contributed by atoms with Gasteiger partial charge in [0, 0.05) is 21.8 Å². The van der Waals surface area contributed by atoms with Crippen molar-refractivity contribution >= 4 is 51.1 Å². The first-order valence-corrected chi connectivity index (χ1v) is 8.66. The van der Waals surface area contributed by atoms with Gasteiger partial charge in [-0.25, -0.2) is 8.63 Å². The van der Waals surface area contributed by atoms with Crippen LogP contribution in [0.2, 0.25) is 0 Å². The van der Waals surface area contributed by atoms with E-state index in [1.807, 2.05) is 0 Å². The number of halogens is 2. The number of H-pyrrole nitrogens is 2. The fourth-order valence-corrected chi connectivity index (χ4v) is 3.72. The summed E-state index contributed by atoms with van der Waals surface area (Å²) in [7, 11) is -3.24. The third kappa shape index (κ3) is 2.40. The van der Waals surface area contributed by atoms with Gasteiger partial charge in [-0.3, -0.25) is 9.59 Å². The van der Waals surface area contributed by atoms with Crippen LogP contribution in [-0.4, -0.2) is 22.5 Å². The summed E-state index contributed by atoms with van der Waals surface area (Å²) >= 11 is 0. The molecule has 0 atom stereocenters. The van der Waals surface area contributed by atoms with Crippen LogP contribution in [0.3, 0.4) is 0 Å². The lowest BCUT2D eigenvalue weighted by atomic mass is 10.0. The quantitative estimate of drug-likeness (QED) is 0.316. The van der Waals surface area contributed by atoms with Crippen molar-refractivity contribution in [1.82, 2.24) is 9.97 Å². The standard InChI is InChI=1S/C20H11BF2N2O4/c22-21(23)29-20-14-15(24-11-7-3-2-6-10(11)18(14)27)19(28)13-16(20)25-12-8-4-1-5-9(12)17(13)26/h1-8,28H,(H,24,27)(H,25,26). The SMILES string of the molecule is O=c1c2ccccc2[nH]c2c(OB(F)F)c3c(=O)c4ccccc4[nH]c3c(O)c12. The summed E-state index contributed by atoms with van der Waals surface area (Å²) in [6.07, 6.45) is 0. The molecule has 0 bridgehead atoms. The largest absolute Gasteiger partial charge is 0.796 e. The van der Waals surface area contributed by atoms with E-state index in [9.17, 15) is 23.3 Å². The Morgan fingerprint density at radius 3 is 1.90 bits per heavy atom. The molecule has 5 rings (SSSR count). The van der Waals surface area contributed by atoms with Gasteiger partial charge >= 0.3 is 7.47 Å². The molecule has 0 fully saturated rings. The van der Waals surface area contributed by atoms with Gasteiger partial charge in [0.1, 0.15) is 5.75 Å². The van der Waals surface area contributed by atoms with Crippen LogP contribution in [0.5, 0.6) is 11.5 Å². The second-order valence-corrected chi connectivity index (χ2v) is 6.56. The van der Waals surface area contributed by atoms with E-state index in [2.05, 4.69) is 9.97 Å². The molecule has 0 aliphatic carbocycles. The van der Waals surface area contributed by atoms with Crippen LogP contribution in [-0.2, 0) is 0 Å². The highest BCUT2D eigenvalue weighted by Gasteiger charge is 2.27. The summed E-state index contributed by atoms with van der Waals surface area (Å²) in [5, 5.41) is 10.9. The Kier molecular flexibility index (Phi) is 3.60. The zero-order valence-corrected chi connectivity index (χ0v) is 14.6. The van der Waals surface area contributed by atoms with E-state index in [1.165, 1.54) is 6.07 Å². The smallest absolute Gasteiger partial charge is 0.505 e. The van der Waals surface area contributed by atoms with E-state index < -0.39 is 29.8 Å². The molecule has 0 aliphatic heterocycles. The molecule has 9 heteroatoms. The normalized spacial score (nSPS) is 11.5. The average molecular weight is 392 g/mol. The summed E-state index contributed by atoms with van der Waals surface area (Å²) in [5.74, 6) is -0.996. The Morgan fingerprint density at radius 1 is 0.793 bits per heavy atom. The number of pyridine rings is 2. The number of aromatic hydroxyl groups is 1. The van der Waals surface area contributed by atoms with E-state index >= 15 is 0 Å². The Labute approximate surface area is 160 Å². The maximum absolute atomic E-state index is 13.2. The number of rotatable bonds is 2. The molecule has 5 aromatic rings. The number of benzene rings is 3. The number of nitrogens with one attached hydrogen (secondary N) is 2. The Bertz CT molecular complexity index is 1580. The van der Waals surface area contributed by atoms with Crippen LogP contribution < -0.4 is 15.5 Å². The van der Waals surface area contributed by atoms with Gasteiger partial charge in [0.05, 0.1) is 21.8 Å². The summed E-state index contributed by atoms with van der Waals surface area (Å²) in [6, 6.07) is 12.9. The molecule has 3 N–H and O–H groups in total. The predicted molar refractivity (Wildman–Crippen MR) is 108 cm³/mol. The molecule has 142 valence electrons. The van der Waals surface area contributed by atoms with E-state index in [1.54, 1.807) is 42.5 Å². The number of hydrogen-bond donors (Lipinski definition) is 3. The molecule has 6 nitrogen and oxygen atoms in total. The van der Waals surface area contributed by atoms with Crippen LogP contribution in [0.15, 0.2) is 58.1 Å². The van der Waals surface area contributed by atoms with Gasteiger partial charge in [-0.2, -0.15) is 0 Å². The Hall–Kier alpha value is -3.88.